The summed E-state index contributed by atoms with van der Waals surface area (Å²) in [5, 5.41) is 86.0. The minimum Gasteiger partial charge on any atom is -0.458 e. The molecule has 4 aliphatic heterocycles. The summed E-state index contributed by atoms with van der Waals surface area (Å²) in [6, 6.07) is 0. The molecule has 0 aromatic heterocycles. The maximum Gasteiger partial charge on any atom is 0.331 e. The predicted octanol–water partition coefficient (Wildman–Crippen LogP) is -1.37. The molecular formula is C44H64O20. The summed E-state index contributed by atoms with van der Waals surface area (Å²) >= 11 is 0. The second-order valence-electron chi connectivity index (χ2n) is 19.5. The molecule has 8 aliphatic rings. The van der Waals surface area contributed by atoms with Crippen molar-refractivity contribution in [1.29, 1.82) is 0 Å². The highest BCUT2D eigenvalue weighted by Crippen LogP contribution is 2.68. The van der Waals surface area contributed by atoms with Crippen LogP contribution in [0.4, 0.5) is 0 Å². The SMILES string of the molecule is CC(=O)O[C@H]1[C@@H](OC(C)=O)[C@H](O[C@H]2CC[C@@]3(C)[C@H](CC[C@@H]4[C@@H]3C=C[C@]3(C)[C@@H](C5=CC(=O)OC5)CC[C@]43O)C2)O[C@H](CO)[C@H]1O[C@@H]1OC[C@@H](O)[C@H](O)[C@H]1O[C@@H]1O[C@H](CO)[C@@H](O)[C@H](O)[C@H]1O. The topological polar surface area (TPSA) is 296 Å². The Morgan fingerprint density at radius 2 is 1.45 bits per heavy atom. The number of ether oxygens (including phenoxy) is 9. The van der Waals surface area contributed by atoms with Crippen molar-refractivity contribution in [2.75, 3.05) is 26.4 Å². The van der Waals surface area contributed by atoms with Crippen LogP contribution >= 0.6 is 0 Å². The first kappa shape index (κ1) is 47.8. The van der Waals surface area contributed by atoms with Crippen molar-refractivity contribution in [1.82, 2.24) is 0 Å². The van der Waals surface area contributed by atoms with Crippen molar-refractivity contribution in [3.63, 3.8) is 0 Å². The zero-order chi connectivity index (χ0) is 46.0. The van der Waals surface area contributed by atoms with E-state index in [4.69, 9.17) is 42.6 Å². The van der Waals surface area contributed by atoms with Gasteiger partial charge in [0.1, 0.15) is 61.5 Å². The number of fused-ring (bicyclic) bond motifs is 5. The van der Waals surface area contributed by atoms with Gasteiger partial charge in [0.25, 0.3) is 0 Å². The second kappa shape index (κ2) is 18.4. The van der Waals surface area contributed by atoms with Crippen molar-refractivity contribution in [2.24, 2.45) is 34.5 Å². The van der Waals surface area contributed by atoms with Crippen molar-refractivity contribution < 1.29 is 97.9 Å². The Hall–Kier alpha value is -2.67. The maximum absolute atomic E-state index is 12.7. The summed E-state index contributed by atoms with van der Waals surface area (Å²) in [5.74, 6) is -1.68. The third-order valence-corrected chi connectivity index (χ3v) is 15.9. The molecule has 4 aliphatic carbocycles. The number of carbonyl (C=O) groups excluding carboxylic acids is 3. The minimum atomic E-state index is -1.90. The van der Waals surface area contributed by atoms with Crippen LogP contribution in [0, 0.1) is 34.5 Å². The first-order valence-electron chi connectivity index (χ1n) is 22.5. The first-order valence-corrected chi connectivity index (χ1v) is 22.5. The molecule has 8 N–H and O–H groups in total. The molecule has 6 fully saturated rings. The Labute approximate surface area is 370 Å². The zero-order valence-electron chi connectivity index (χ0n) is 36.5. The van der Waals surface area contributed by atoms with E-state index in [0.717, 1.165) is 45.1 Å². The number of hydrogen-bond acceptors (Lipinski definition) is 20. The highest BCUT2D eigenvalue weighted by Gasteiger charge is 2.66. The van der Waals surface area contributed by atoms with Gasteiger partial charge in [0, 0.05) is 25.3 Å². The standard InChI is InChI=1S/C44H64O20/c1-19(47)58-37-35(63-40-36(31(51)27(49)18-57-40)64-39-34(54)33(53)32(52)28(15-45)61-39)29(16-46)62-41(38(37)59-20(2)48)60-23-7-10-42(3)22(14-23)5-6-26-25(42)8-11-43(4)24(9-12-44(26,43)55)21-13-30(50)56-17-21/h8,11,13,22-29,31-41,45-46,49,51-55H,5-7,9-10,12,14-18H2,1-4H3/t22-,23+,24-,25+,26-,27-,28-,29-,31+,32-,33+,34-,35-,36-,37-,38-,39+,40+,41-,42+,43-,44+/m1/s1. The molecule has 0 radical (unpaired) electrons. The number of rotatable bonds is 11. The zero-order valence-corrected chi connectivity index (χ0v) is 36.5. The molecule has 64 heavy (non-hydrogen) atoms. The molecule has 8 rings (SSSR count). The Bertz CT molecular complexity index is 1790. The van der Waals surface area contributed by atoms with Crippen LogP contribution in [0.2, 0.25) is 0 Å². The lowest BCUT2D eigenvalue weighted by atomic mass is 9.45. The maximum atomic E-state index is 12.7. The van der Waals surface area contributed by atoms with Gasteiger partial charge < -0.3 is 83.5 Å². The summed E-state index contributed by atoms with van der Waals surface area (Å²) in [6.45, 7) is 4.89. The van der Waals surface area contributed by atoms with Crippen LogP contribution in [-0.4, -0.2) is 183 Å². The Kier molecular flexibility index (Phi) is 13.8. The van der Waals surface area contributed by atoms with Gasteiger partial charge in [-0.25, -0.2) is 4.79 Å². The summed E-state index contributed by atoms with van der Waals surface area (Å²) in [4.78, 5) is 37.4. The van der Waals surface area contributed by atoms with E-state index >= 15 is 0 Å². The van der Waals surface area contributed by atoms with Gasteiger partial charge in [-0.2, -0.15) is 0 Å². The van der Waals surface area contributed by atoms with Crippen molar-refractivity contribution in [2.45, 2.75) is 170 Å². The minimum absolute atomic E-state index is 0.000921. The molecule has 0 unspecified atom stereocenters. The molecule has 3 saturated carbocycles. The van der Waals surface area contributed by atoms with Gasteiger partial charge in [0.15, 0.2) is 31.1 Å². The monoisotopic (exact) mass is 912 g/mol. The molecule has 360 valence electrons. The van der Waals surface area contributed by atoms with Crippen LogP contribution in [0.25, 0.3) is 0 Å². The lowest BCUT2D eigenvalue weighted by Gasteiger charge is -2.61. The molecule has 22 atom stereocenters. The molecule has 20 nitrogen and oxygen atoms in total. The van der Waals surface area contributed by atoms with Gasteiger partial charge in [-0.05, 0) is 79.6 Å². The highest BCUT2D eigenvalue weighted by molar-refractivity contribution is 5.85. The number of carbonyl (C=O) groups is 3. The Balaban J connectivity index is 0.995. The van der Waals surface area contributed by atoms with Crippen LogP contribution in [0.5, 0.6) is 0 Å². The van der Waals surface area contributed by atoms with E-state index in [-0.39, 0.29) is 41.7 Å². The predicted molar refractivity (Wildman–Crippen MR) is 213 cm³/mol. The summed E-state index contributed by atoms with van der Waals surface area (Å²) < 4.78 is 52.9. The number of aliphatic hydroxyl groups excluding tert-OH is 7. The molecule has 0 aromatic carbocycles. The fourth-order valence-corrected chi connectivity index (χ4v) is 12.5. The molecular weight excluding hydrogens is 848 g/mol. The number of hydrogen-bond donors (Lipinski definition) is 8. The number of allylic oxidation sites excluding steroid dienone is 1. The smallest absolute Gasteiger partial charge is 0.331 e. The average molecular weight is 913 g/mol. The second-order valence-corrected chi connectivity index (χ2v) is 19.5. The normalized spacial score (nSPS) is 50.1. The summed E-state index contributed by atoms with van der Waals surface area (Å²) in [7, 11) is 0. The number of cyclic esters (lactones) is 1. The molecule has 0 amide bonds. The van der Waals surface area contributed by atoms with E-state index in [1.807, 2.05) is 0 Å². The van der Waals surface area contributed by atoms with E-state index in [9.17, 15) is 55.2 Å². The molecule has 20 heteroatoms. The lowest BCUT2D eigenvalue weighted by molar-refractivity contribution is -0.381. The molecule has 3 saturated heterocycles. The van der Waals surface area contributed by atoms with Crippen LogP contribution in [0.3, 0.4) is 0 Å². The molecule has 0 bridgehead atoms. The van der Waals surface area contributed by atoms with Crippen LogP contribution < -0.4 is 0 Å². The lowest BCUT2D eigenvalue weighted by Crippen LogP contribution is -2.66. The molecule has 0 spiro atoms. The third-order valence-electron chi connectivity index (χ3n) is 15.9. The van der Waals surface area contributed by atoms with Crippen molar-refractivity contribution in [3.05, 3.63) is 23.8 Å². The van der Waals surface area contributed by atoms with Gasteiger partial charge in [-0.3, -0.25) is 9.59 Å². The van der Waals surface area contributed by atoms with E-state index in [1.54, 1.807) is 6.08 Å². The van der Waals surface area contributed by atoms with Crippen molar-refractivity contribution in [3.8, 4) is 0 Å². The number of esters is 3. The average Bonchev–Trinajstić information content (AvgIpc) is 3.80. The Morgan fingerprint density at radius 3 is 2.12 bits per heavy atom. The van der Waals surface area contributed by atoms with Gasteiger partial charge in [0.2, 0.25) is 0 Å². The summed E-state index contributed by atoms with van der Waals surface area (Å²) in [5.41, 5.74) is -0.770. The van der Waals surface area contributed by atoms with Gasteiger partial charge in [-0.15, -0.1) is 0 Å². The van der Waals surface area contributed by atoms with Gasteiger partial charge >= 0.3 is 17.9 Å². The highest BCUT2D eigenvalue weighted by atomic mass is 16.8. The van der Waals surface area contributed by atoms with E-state index in [0.29, 0.717) is 19.3 Å². The third kappa shape index (κ3) is 8.37. The fraction of sp³-hybridized carbons (Fsp3) is 0.841. The molecule has 0 aromatic rings. The van der Waals surface area contributed by atoms with Gasteiger partial charge in [-0.1, -0.05) is 26.0 Å². The van der Waals surface area contributed by atoms with Crippen LogP contribution in [-0.2, 0) is 57.0 Å². The molecule has 4 heterocycles. The summed E-state index contributed by atoms with van der Waals surface area (Å²) in [6.07, 6.45) is -12.0. The van der Waals surface area contributed by atoms with E-state index < -0.39 is 135 Å². The van der Waals surface area contributed by atoms with E-state index in [2.05, 4.69) is 26.0 Å². The first-order chi connectivity index (χ1) is 30.3. The van der Waals surface area contributed by atoms with E-state index in [1.165, 1.54) is 0 Å². The van der Waals surface area contributed by atoms with Crippen LogP contribution in [0.15, 0.2) is 23.8 Å². The van der Waals surface area contributed by atoms with Crippen LogP contribution in [0.1, 0.15) is 72.6 Å². The Morgan fingerprint density at radius 1 is 0.766 bits per heavy atom. The fourth-order valence-electron chi connectivity index (χ4n) is 12.5. The number of aliphatic hydroxyl groups is 8. The largest absolute Gasteiger partial charge is 0.458 e. The van der Waals surface area contributed by atoms with Crippen molar-refractivity contribution >= 4 is 17.9 Å². The van der Waals surface area contributed by atoms with Gasteiger partial charge in [0.05, 0.1) is 31.5 Å². The quantitative estimate of drug-likeness (QED) is 0.0514.